The van der Waals surface area contributed by atoms with Crippen molar-refractivity contribution in [3.8, 4) is 0 Å². The molecular formula is C26H28N4O2. The number of aromatic nitrogens is 1. The van der Waals surface area contributed by atoms with Crippen LogP contribution in [0.15, 0.2) is 54.7 Å². The highest BCUT2D eigenvalue weighted by atomic mass is 16.2. The van der Waals surface area contributed by atoms with Gasteiger partial charge >= 0.3 is 0 Å². The largest absolute Gasteiger partial charge is 0.361 e. The van der Waals surface area contributed by atoms with Gasteiger partial charge in [0.05, 0.1) is 18.8 Å². The minimum absolute atomic E-state index is 0.131. The van der Waals surface area contributed by atoms with Crippen molar-refractivity contribution in [2.45, 2.75) is 24.8 Å². The van der Waals surface area contributed by atoms with Crippen molar-refractivity contribution in [2.75, 3.05) is 38.1 Å². The van der Waals surface area contributed by atoms with Crippen LogP contribution in [0.4, 0.5) is 5.69 Å². The summed E-state index contributed by atoms with van der Waals surface area (Å²) in [5, 5.41) is 1.41. The third kappa shape index (κ3) is 3.17. The van der Waals surface area contributed by atoms with Crippen LogP contribution in [-0.2, 0) is 16.0 Å². The van der Waals surface area contributed by atoms with E-state index in [-0.39, 0.29) is 11.8 Å². The standard InChI is InChI=1S/C26H28N4O2/c1-28-13-17(10-21-20-8-5-9-22-26(20)18(12-27-22)11-23(21)28)14-29-15-24(31)30(25(32)16-29)19-6-3-2-4-7-19/h2-9,12,17,21,23,27H,10-11,13-16H2,1H3/t17?,21-,23-/m1/s1. The maximum Gasteiger partial charge on any atom is 0.247 e. The van der Waals surface area contributed by atoms with Crippen LogP contribution in [0.25, 0.3) is 10.9 Å². The van der Waals surface area contributed by atoms with Crippen LogP contribution < -0.4 is 4.90 Å². The van der Waals surface area contributed by atoms with Gasteiger partial charge in [-0.2, -0.15) is 0 Å². The van der Waals surface area contributed by atoms with Crippen LogP contribution >= 0.6 is 0 Å². The molecule has 3 atom stereocenters. The third-order valence-electron chi connectivity index (χ3n) is 7.56. The normalized spacial score (nSPS) is 26.5. The fraction of sp³-hybridized carbons (Fsp3) is 0.385. The van der Waals surface area contributed by atoms with Crippen molar-refractivity contribution in [1.29, 1.82) is 0 Å². The number of aromatic amines is 1. The van der Waals surface area contributed by atoms with E-state index in [1.807, 2.05) is 35.2 Å². The number of piperidine rings is 1. The molecule has 2 aromatic carbocycles. The van der Waals surface area contributed by atoms with E-state index in [1.54, 1.807) is 0 Å². The number of H-pyrrole nitrogens is 1. The SMILES string of the molecule is CN1CC(CN2CC(=O)N(c3ccccc3)C(=O)C2)C[C@@H]2c3cccc4[nH]cc(c34)C[C@H]21. The molecule has 0 spiro atoms. The number of para-hydroxylation sites is 1. The van der Waals surface area contributed by atoms with E-state index < -0.39 is 0 Å². The lowest BCUT2D eigenvalue weighted by molar-refractivity contribution is -0.132. The number of anilines is 1. The maximum atomic E-state index is 12.8. The van der Waals surface area contributed by atoms with Gasteiger partial charge in [0.1, 0.15) is 0 Å². The molecule has 2 aliphatic heterocycles. The zero-order valence-corrected chi connectivity index (χ0v) is 18.3. The minimum Gasteiger partial charge on any atom is -0.361 e. The van der Waals surface area contributed by atoms with Gasteiger partial charge in [0, 0.05) is 42.1 Å². The van der Waals surface area contributed by atoms with Gasteiger partial charge in [-0.25, -0.2) is 4.90 Å². The second-order valence-electron chi connectivity index (χ2n) is 9.63. The van der Waals surface area contributed by atoms with Crippen LogP contribution in [0.2, 0.25) is 0 Å². The van der Waals surface area contributed by atoms with Crippen molar-refractivity contribution < 1.29 is 9.59 Å². The first kappa shape index (κ1) is 19.7. The summed E-state index contributed by atoms with van der Waals surface area (Å²) in [5.41, 5.74) is 4.77. The number of hydrogen-bond donors (Lipinski definition) is 1. The average Bonchev–Trinajstić information content (AvgIpc) is 3.19. The van der Waals surface area contributed by atoms with Gasteiger partial charge in [-0.05, 0) is 55.1 Å². The number of nitrogens with one attached hydrogen (secondary N) is 1. The molecule has 3 aliphatic rings. The quantitative estimate of drug-likeness (QED) is 0.652. The molecule has 6 nitrogen and oxygen atoms in total. The summed E-state index contributed by atoms with van der Waals surface area (Å²) in [6.45, 7) is 2.38. The Kier molecular flexibility index (Phi) is 4.66. The first-order chi connectivity index (χ1) is 15.6. The smallest absolute Gasteiger partial charge is 0.247 e. The molecule has 32 heavy (non-hydrogen) atoms. The number of rotatable bonds is 3. The van der Waals surface area contributed by atoms with Crippen molar-refractivity contribution >= 4 is 28.4 Å². The Morgan fingerprint density at radius 3 is 2.56 bits per heavy atom. The van der Waals surface area contributed by atoms with Crippen LogP contribution in [-0.4, -0.2) is 65.9 Å². The molecule has 6 heteroatoms. The summed E-state index contributed by atoms with van der Waals surface area (Å²) in [5.74, 6) is 0.659. The Labute approximate surface area is 187 Å². The lowest BCUT2D eigenvalue weighted by Gasteiger charge is -2.46. The minimum atomic E-state index is -0.131. The van der Waals surface area contributed by atoms with E-state index >= 15 is 0 Å². The molecule has 1 N–H and O–H groups in total. The molecule has 0 bridgehead atoms. The number of piperazine rings is 1. The zero-order valence-electron chi connectivity index (χ0n) is 18.3. The predicted molar refractivity (Wildman–Crippen MR) is 125 cm³/mol. The predicted octanol–water partition coefficient (Wildman–Crippen LogP) is 3.00. The molecular weight excluding hydrogens is 400 g/mol. The van der Waals surface area contributed by atoms with Gasteiger partial charge < -0.3 is 9.88 Å². The Morgan fingerprint density at radius 1 is 1.00 bits per heavy atom. The van der Waals surface area contributed by atoms with Gasteiger partial charge in [-0.15, -0.1) is 0 Å². The van der Waals surface area contributed by atoms with E-state index in [0.717, 1.165) is 25.9 Å². The number of hydrogen-bond acceptors (Lipinski definition) is 4. The number of carbonyl (C=O) groups is 2. The lowest BCUT2D eigenvalue weighted by Crippen LogP contribution is -2.56. The summed E-state index contributed by atoms with van der Waals surface area (Å²) in [6.07, 6.45) is 4.35. The average molecular weight is 429 g/mol. The van der Waals surface area contributed by atoms with Crippen LogP contribution in [0.1, 0.15) is 23.5 Å². The molecule has 1 aromatic heterocycles. The molecule has 2 amide bonds. The number of carbonyl (C=O) groups excluding carboxylic acids is 2. The van der Waals surface area contributed by atoms with Gasteiger partial charge in [-0.1, -0.05) is 30.3 Å². The molecule has 0 radical (unpaired) electrons. The first-order valence-corrected chi connectivity index (χ1v) is 11.5. The fourth-order valence-electron chi connectivity index (χ4n) is 6.26. The third-order valence-corrected chi connectivity index (χ3v) is 7.56. The van der Waals surface area contributed by atoms with Gasteiger partial charge in [0.2, 0.25) is 11.8 Å². The second kappa shape index (κ2) is 7.57. The topological polar surface area (TPSA) is 59.6 Å². The van der Waals surface area contributed by atoms with Gasteiger partial charge in [0.25, 0.3) is 0 Å². The summed E-state index contributed by atoms with van der Waals surface area (Å²) in [7, 11) is 2.23. The van der Waals surface area contributed by atoms with Crippen molar-refractivity contribution in [2.24, 2.45) is 5.92 Å². The molecule has 164 valence electrons. The number of likely N-dealkylation sites (N-methyl/N-ethyl adjacent to an activating group) is 1. The second-order valence-corrected chi connectivity index (χ2v) is 9.63. The van der Waals surface area contributed by atoms with Crippen molar-refractivity contribution in [1.82, 2.24) is 14.8 Å². The monoisotopic (exact) mass is 428 g/mol. The summed E-state index contributed by atoms with van der Waals surface area (Å²) in [4.78, 5) is 35.0. The Balaban J connectivity index is 1.20. The molecule has 3 aromatic rings. The molecule has 3 heterocycles. The fourth-order valence-corrected chi connectivity index (χ4v) is 6.26. The van der Waals surface area contributed by atoms with Crippen molar-refractivity contribution in [3.63, 3.8) is 0 Å². The maximum absolute atomic E-state index is 12.8. The van der Waals surface area contributed by atoms with Gasteiger partial charge in [0.15, 0.2) is 0 Å². The molecule has 6 rings (SSSR count). The van der Waals surface area contributed by atoms with Crippen LogP contribution in [0.5, 0.6) is 0 Å². The Hall–Kier alpha value is -2.96. The molecule has 2 fully saturated rings. The number of imide groups is 1. The van der Waals surface area contributed by atoms with Crippen LogP contribution in [0.3, 0.4) is 0 Å². The van der Waals surface area contributed by atoms with Crippen molar-refractivity contribution in [3.05, 3.63) is 65.9 Å². The van der Waals surface area contributed by atoms with E-state index in [4.69, 9.17) is 0 Å². The summed E-state index contributed by atoms with van der Waals surface area (Å²) < 4.78 is 0. The first-order valence-electron chi connectivity index (χ1n) is 11.5. The highest BCUT2D eigenvalue weighted by Crippen LogP contribution is 2.44. The lowest BCUT2D eigenvalue weighted by atomic mass is 9.72. The highest BCUT2D eigenvalue weighted by Gasteiger charge is 2.41. The number of likely N-dealkylation sites (tertiary alicyclic amines) is 1. The number of fused-ring (bicyclic) bond motifs is 2. The molecule has 0 saturated carbocycles. The van der Waals surface area contributed by atoms with E-state index in [2.05, 4.69) is 41.3 Å². The zero-order chi connectivity index (χ0) is 21.8. The Morgan fingerprint density at radius 2 is 1.78 bits per heavy atom. The van der Waals surface area contributed by atoms with E-state index in [0.29, 0.717) is 36.7 Å². The van der Waals surface area contributed by atoms with E-state index in [1.165, 1.54) is 26.9 Å². The molecule has 2 saturated heterocycles. The molecule has 1 unspecified atom stereocenters. The molecule has 1 aliphatic carbocycles. The van der Waals surface area contributed by atoms with Gasteiger partial charge in [-0.3, -0.25) is 14.5 Å². The summed E-state index contributed by atoms with van der Waals surface area (Å²) in [6, 6.07) is 16.4. The number of nitrogens with zero attached hydrogens (tertiary/aromatic N) is 3. The number of amides is 2. The Bertz CT molecular complexity index is 1170. The summed E-state index contributed by atoms with van der Waals surface area (Å²) >= 11 is 0. The van der Waals surface area contributed by atoms with E-state index in [9.17, 15) is 9.59 Å². The highest BCUT2D eigenvalue weighted by molar-refractivity contribution is 6.17. The van der Waals surface area contributed by atoms with Crippen LogP contribution in [0, 0.1) is 5.92 Å². The number of benzene rings is 2.